The molecule has 1 aromatic heterocycles. The zero-order chi connectivity index (χ0) is 15.4. The number of nitrogens with zero attached hydrogens (tertiary/aromatic N) is 1. The van der Waals surface area contributed by atoms with Crippen LogP contribution in [0.2, 0.25) is 0 Å². The summed E-state index contributed by atoms with van der Waals surface area (Å²) in [7, 11) is 0. The highest BCUT2D eigenvalue weighted by Gasteiger charge is 2.08. The number of anilines is 2. The number of aryl methyl sites for hydroxylation is 1. The van der Waals surface area contributed by atoms with Gasteiger partial charge in [-0.3, -0.25) is 4.98 Å². The molecule has 0 spiro atoms. The lowest BCUT2D eigenvalue weighted by Crippen LogP contribution is -2.19. The first-order chi connectivity index (χ1) is 9.95. The summed E-state index contributed by atoms with van der Waals surface area (Å²) in [6, 6.07) is 4.94. The van der Waals surface area contributed by atoms with Gasteiger partial charge < -0.3 is 15.7 Å². The Kier molecular flexibility index (Phi) is 4.13. The molecule has 108 valence electrons. The molecule has 0 aliphatic carbocycles. The van der Waals surface area contributed by atoms with E-state index in [4.69, 9.17) is 5.11 Å². The molecule has 0 bridgehead atoms. The van der Waals surface area contributed by atoms with Crippen LogP contribution in [0.5, 0.6) is 0 Å². The molecule has 0 atom stereocenters. The zero-order valence-electron chi connectivity index (χ0n) is 11.1. The van der Waals surface area contributed by atoms with Crippen LogP contribution >= 0.6 is 0 Å². The molecule has 0 aliphatic rings. The Morgan fingerprint density at radius 3 is 2.52 bits per heavy atom. The van der Waals surface area contributed by atoms with Crippen LogP contribution in [-0.4, -0.2) is 22.1 Å². The Balaban J connectivity index is 2.06. The van der Waals surface area contributed by atoms with E-state index in [1.165, 1.54) is 30.6 Å². The van der Waals surface area contributed by atoms with Crippen molar-refractivity contribution in [2.24, 2.45) is 0 Å². The molecule has 2 amide bonds. The van der Waals surface area contributed by atoms with Gasteiger partial charge in [0.25, 0.3) is 0 Å². The summed E-state index contributed by atoms with van der Waals surface area (Å²) in [5, 5.41) is 13.7. The third-order valence-corrected chi connectivity index (χ3v) is 2.67. The number of carbonyl (C=O) groups excluding carboxylic acids is 1. The SMILES string of the molecule is Cc1ccc(NC(=O)Nc2cncc(C(=O)O)c2)cc1F. The Hall–Kier alpha value is -2.96. The number of amides is 2. The Bertz CT molecular complexity index is 704. The second kappa shape index (κ2) is 6.00. The maximum atomic E-state index is 13.4. The number of hydrogen-bond donors (Lipinski definition) is 3. The fraction of sp³-hybridized carbons (Fsp3) is 0.0714. The van der Waals surface area contributed by atoms with E-state index < -0.39 is 17.8 Å². The van der Waals surface area contributed by atoms with Crippen molar-refractivity contribution in [1.29, 1.82) is 0 Å². The smallest absolute Gasteiger partial charge is 0.337 e. The number of halogens is 1. The van der Waals surface area contributed by atoms with Crippen molar-refractivity contribution < 1.29 is 19.1 Å². The minimum absolute atomic E-state index is 0.0471. The molecule has 2 rings (SSSR count). The Labute approximate surface area is 119 Å². The van der Waals surface area contributed by atoms with Crippen LogP contribution < -0.4 is 10.6 Å². The fourth-order valence-electron chi connectivity index (χ4n) is 1.59. The molecule has 21 heavy (non-hydrogen) atoms. The van der Waals surface area contributed by atoms with Crippen LogP contribution in [0, 0.1) is 12.7 Å². The molecular formula is C14H12FN3O3. The van der Waals surface area contributed by atoms with E-state index in [1.807, 2.05) is 0 Å². The number of carboxylic acid groups (broad SMARTS) is 1. The van der Waals surface area contributed by atoms with Gasteiger partial charge in [-0.05, 0) is 30.7 Å². The topological polar surface area (TPSA) is 91.3 Å². The van der Waals surface area contributed by atoms with Crippen molar-refractivity contribution >= 4 is 23.4 Å². The first kappa shape index (κ1) is 14.4. The molecule has 0 aliphatic heterocycles. The second-order valence-electron chi connectivity index (χ2n) is 4.31. The number of aromatic carboxylic acids is 1. The van der Waals surface area contributed by atoms with Gasteiger partial charge in [0.15, 0.2) is 0 Å². The highest BCUT2D eigenvalue weighted by molar-refractivity contribution is 6.00. The number of urea groups is 1. The van der Waals surface area contributed by atoms with E-state index in [1.54, 1.807) is 13.0 Å². The molecule has 3 N–H and O–H groups in total. The van der Waals surface area contributed by atoms with Crippen LogP contribution in [0.1, 0.15) is 15.9 Å². The average Bonchev–Trinajstić information content (AvgIpc) is 2.43. The summed E-state index contributed by atoms with van der Waals surface area (Å²) in [6.45, 7) is 1.61. The molecule has 7 heteroatoms. The van der Waals surface area contributed by atoms with Gasteiger partial charge >= 0.3 is 12.0 Å². The van der Waals surface area contributed by atoms with Gasteiger partial charge in [-0.15, -0.1) is 0 Å². The summed E-state index contributed by atoms with van der Waals surface area (Å²) in [4.78, 5) is 26.2. The van der Waals surface area contributed by atoms with Crippen molar-refractivity contribution in [3.05, 3.63) is 53.6 Å². The maximum Gasteiger partial charge on any atom is 0.337 e. The van der Waals surface area contributed by atoms with E-state index >= 15 is 0 Å². The average molecular weight is 289 g/mol. The molecule has 1 aromatic carbocycles. The summed E-state index contributed by atoms with van der Waals surface area (Å²) in [5.74, 6) is -1.57. The molecule has 0 unspecified atom stereocenters. The van der Waals surface area contributed by atoms with Gasteiger partial charge in [0.05, 0.1) is 17.4 Å². The lowest BCUT2D eigenvalue weighted by molar-refractivity contribution is 0.0696. The van der Waals surface area contributed by atoms with E-state index in [-0.39, 0.29) is 16.9 Å². The molecule has 0 radical (unpaired) electrons. The molecular weight excluding hydrogens is 277 g/mol. The minimum Gasteiger partial charge on any atom is -0.478 e. The van der Waals surface area contributed by atoms with Crippen molar-refractivity contribution in [2.75, 3.05) is 10.6 Å². The number of pyridine rings is 1. The van der Waals surface area contributed by atoms with E-state index in [0.29, 0.717) is 5.56 Å². The fourth-order valence-corrected chi connectivity index (χ4v) is 1.59. The lowest BCUT2D eigenvalue weighted by Gasteiger charge is -2.08. The minimum atomic E-state index is -1.15. The normalized spacial score (nSPS) is 10.0. The predicted octanol–water partition coefficient (Wildman–Crippen LogP) is 2.87. The van der Waals surface area contributed by atoms with Gasteiger partial charge in [0.2, 0.25) is 0 Å². The maximum absolute atomic E-state index is 13.4. The first-order valence-electron chi connectivity index (χ1n) is 5.98. The largest absolute Gasteiger partial charge is 0.478 e. The zero-order valence-corrected chi connectivity index (χ0v) is 11.1. The van der Waals surface area contributed by atoms with Gasteiger partial charge in [-0.1, -0.05) is 6.07 Å². The number of rotatable bonds is 3. The second-order valence-corrected chi connectivity index (χ2v) is 4.31. The van der Waals surface area contributed by atoms with E-state index in [2.05, 4.69) is 15.6 Å². The Morgan fingerprint density at radius 2 is 1.86 bits per heavy atom. The van der Waals surface area contributed by atoms with Crippen LogP contribution in [0.4, 0.5) is 20.6 Å². The highest BCUT2D eigenvalue weighted by Crippen LogP contribution is 2.14. The quantitative estimate of drug-likeness (QED) is 0.810. The van der Waals surface area contributed by atoms with Crippen LogP contribution in [0.25, 0.3) is 0 Å². The number of carbonyl (C=O) groups is 2. The van der Waals surface area contributed by atoms with E-state index in [9.17, 15) is 14.0 Å². The van der Waals surface area contributed by atoms with Gasteiger partial charge in [0, 0.05) is 11.9 Å². The summed E-state index contributed by atoms with van der Waals surface area (Å²) in [6.07, 6.45) is 2.47. The first-order valence-corrected chi connectivity index (χ1v) is 5.98. The number of aromatic nitrogens is 1. The van der Waals surface area contributed by atoms with E-state index in [0.717, 1.165) is 0 Å². The molecule has 0 fully saturated rings. The molecule has 1 heterocycles. The van der Waals surface area contributed by atoms with Crippen LogP contribution in [0.15, 0.2) is 36.7 Å². The molecule has 6 nitrogen and oxygen atoms in total. The predicted molar refractivity (Wildman–Crippen MR) is 75.0 cm³/mol. The van der Waals surface area contributed by atoms with Crippen molar-refractivity contribution in [3.63, 3.8) is 0 Å². The van der Waals surface area contributed by atoms with Gasteiger partial charge in [0.1, 0.15) is 5.82 Å². The number of nitrogens with one attached hydrogen (secondary N) is 2. The molecule has 0 saturated carbocycles. The molecule has 0 saturated heterocycles. The van der Waals surface area contributed by atoms with Gasteiger partial charge in [-0.2, -0.15) is 0 Å². The third-order valence-electron chi connectivity index (χ3n) is 2.67. The van der Waals surface area contributed by atoms with Crippen LogP contribution in [0.3, 0.4) is 0 Å². The lowest BCUT2D eigenvalue weighted by atomic mass is 10.2. The highest BCUT2D eigenvalue weighted by atomic mass is 19.1. The monoisotopic (exact) mass is 289 g/mol. The van der Waals surface area contributed by atoms with Crippen molar-refractivity contribution in [2.45, 2.75) is 6.92 Å². The Morgan fingerprint density at radius 1 is 1.14 bits per heavy atom. The number of hydrogen-bond acceptors (Lipinski definition) is 3. The van der Waals surface area contributed by atoms with Crippen molar-refractivity contribution in [1.82, 2.24) is 4.98 Å². The summed E-state index contributed by atoms with van der Waals surface area (Å²) < 4.78 is 13.4. The number of carboxylic acids is 1. The molecule has 2 aromatic rings. The summed E-state index contributed by atoms with van der Waals surface area (Å²) >= 11 is 0. The van der Waals surface area contributed by atoms with Crippen molar-refractivity contribution in [3.8, 4) is 0 Å². The summed E-state index contributed by atoms with van der Waals surface area (Å²) in [5.41, 5.74) is 0.937. The van der Waals surface area contributed by atoms with Gasteiger partial charge in [-0.25, -0.2) is 14.0 Å². The van der Waals surface area contributed by atoms with Crippen LogP contribution in [-0.2, 0) is 0 Å². The third kappa shape index (κ3) is 3.75. The standard InChI is InChI=1S/C14H12FN3O3/c1-8-2-3-10(5-12(8)15)17-14(21)18-11-4-9(13(19)20)6-16-7-11/h2-7H,1H3,(H,19,20)(H2,17,18,21). The number of benzene rings is 1.